The zero-order valence-electron chi connectivity index (χ0n) is 19.6. The molecular formula is C25H35FN4O2. The van der Waals surface area contributed by atoms with Crippen molar-refractivity contribution in [3.05, 3.63) is 59.9 Å². The third-order valence-electron chi connectivity index (χ3n) is 5.58. The number of urea groups is 1. The van der Waals surface area contributed by atoms with Crippen LogP contribution in [0.3, 0.4) is 0 Å². The van der Waals surface area contributed by atoms with Crippen molar-refractivity contribution in [2.75, 3.05) is 57.0 Å². The minimum absolute atomic E-state index is 0.0485. The van der Waals surface area contributed by atoms with Crippen LogP contribution in [-0.4, -0.2) is 74.9 Å². The third-order valence-corrected chi connectivity index (χ3v) is 5.58. The lowest BCUT2D eigenvalue weighted by molar-refractivity contribution is -0.00539. The number of amides is 2. The fourth-order valence-electron chi connectivity index (χ4n) is 3.96. The van der Waals surface area contributed by atoms with Crippen LogP contribution in [0.25, 0.3) is 0 Å². The van der Waals surface area contributed by atoms with E-state index in [4.69, 9.17) is 4.74 Å². The van der Waals surface area contributed by atoms with Crippen molar-refractivity contribution in [2.24, 2.45) is 0 Å². The summed E-state index contributed by atoms with van der Waals surface area (Å²) in [7, 11) is 3.96. The van der Waals surface area contributed by atoms with Crippen LogP contribution in [0.4, 0.5) is 20.6 Å². The Bertz CT molecular complexity index is 868. The zero-order chi connectivity index (χ0) is 23.1. The Balaban J connectivity index is 1.65. The SMILES string of the molecule is CC1CN(c2ccc(NC(=O)N(CCc3ccccc3)CCN(C)C)cc2F)CC(C)O1. The third kappa shape index (κ3) is 6.93. The van der Waals surface area contributed by atoms with E-state index in [0.29, 0.717) is 37.6 Å². The molecule has 0 aliphatic carbocycles. The summed E-state index contributed by atoms with van der Waals surface area (Å²) in [4.78, 5) is 18.8. The second-order valence-electron chi connectivity index (χ2n) is 8.78. The minimum Gasteiger partial charge on any atom is -0.372 e. The number of rotatable bonds is 8. The van der Waals surface area contributed by atoms with Crippen LogP contribution in [0.5, 0.6) is 0 Å². The predicted octanol–water partition coefficient (Wildman–Crippen LogP) is 4.08. The number of nitrogens with zero attached hydrogens (tertiary/aromatic N) is 3. The maximum absolute atomic E-state index is 14.9. The summed E-state index contributed by atoms with van der Waals surface area (Å²) in [6.45, 7) is 7.21. The molecular weight excluding hydrogens is 407 g/mol. The lowest BCUT2D eigenvalue weighted by atomic mass is 10.1. The molecule has 1 saturated heterocycles. The number of carbonyl (C=O) groups excluding carboxylic acids is 1. The van der Waals surface area contributed by atoms with Crippen LogP contribution in [0.1, 0.15) is 19.4 Å². The van der Waals surface area contributed by atoms with Gasteiger partial charge < -0.3 is 24.8 Å². The number of ether oxygens (including phenoxy) is 1. The number of likely N-dealkylation sites (N-methyl/N-ethyl adjacent to an activating group) is 1. The van der Waals surface area contributed by atoms with Crippen LogP contribution in [0.2, 0.25) is 0 Å². The van der Waals surface area contributed by atoms with E-state index in [1.165, 1.54) is 11.6 Å². The van der Waals surface area contributed by atoms with E-state index in [0.717, 1.165) is 13.0 Å². The summed E-state index contributed by atoms with van der Waals surface area (Å²) in [6.07, 6.45) is 0.863. The van der Waals surface area contributed by atoms with Crippen molar-refractivity contribution in [2.45, 2.75) is 32.5 Å². The second-order valence-corrected chi connectivity index (χ2v) is 8.78. The average Bonchev–Trinajstić information content (AvgIpc) is 2.73. The first-order valence-corrected chi connectivity index (χ1v) is 11.3. The molecule has 6 nitrogen and oxygen atoms in total. The normalized spacial score (nSPS) is 18.6. The molecule has 174 valence electrons. The van der Waals surface area contributed by atoms with Gasteiger partial charge in [-0.3, -0.25) is 0 Å². The number of hydrogen-bond acceptors (Lipinski definition) is 4. The largest absolute Gasteiger partial charge is 0.372 e. The van der Waals surface area contributed by atoms with Crippen molar-refractivity contribution in [1.29, 1.82) is 0 Å². The Labute approximate surface area is 190 Å². The highest BCUT2D eigenvalue weighted by Crippen LogP contribution is 2.26. The van der Waals surface area contributed by atoms with E-state index in [1.54, 1.807) is 17.0 Å². The first-order valence-electron chi connectivity index (χ1n) is 11.3. The molecule has 1 fully saturated rings. The molecule has 0 bridgehead atoms. The Morgan fingerprint density at radius 1 is 1.06 bits per heavy atom. The highest BCUT2D eigenvalue weighted by Gasteiger charge is 2.24. The predicted molar refractivity (Wildman–Crippen MR) is 128 cm³/mol. The van der Waals surface area contributed by atoms with Gasteiger partial charge in [0.25, 0.3) is 0 Å². The smallest absolute Gasteiger partial charge is 0.321 e. The van der Waals surface area contributed by atoms with Gasteiger partial charge >= 0.3 is 6.03 Å². The molecule has 32 heavy (non-hydrogen) atoms. The van der Waals surface area contributed by atoms with Crippen molar-refractivity contribution in [3.8, 4) is 0 Å². The maximum atomic E-state index is 14.9. The molecule has 0 saturated carbocycles. The van der Waals surface area contributed by atoms with Crippen molar-refractivity contribution in [3.63, 3.8) is 0 Å². The minimum atomic E-state index is -0.340. The number of hydrogen-bond donors (Lipinski definition) is 1. The van der Waals surface area contributed by atoms with Crippen LogP contribution in [-0.2, 0) is 11.2 Å². The summed E-state index contributed by atoms with van der Waals surface area (Å²) in [5.41, 5.74) is 2.18. The van der Waals surface area contributed by atoms with Crippen LogP contribution >= 0.6 is 0 Å². The molecule has 2 aromatic carbocycles. The monoisotopic (exact) mass is 442 g/mol. The topological polar surface area (TPSA) is 48.1 Å². The molecule has 1 N–H and O–H groups in total. The Kier molecular flexibility index (Phi) is 8.47. The Hall–Kier alpha value is -2.64. The van der Waals surface area contributed by atoms with Crippen molar-refractivity contribution in [1.82, 2.24) is 9.80 Å². The molecule has 1 heterocycles. The first-order chi connectivity index (χ1) is 15.3. The Morgan fingerprint density at radius 3 is 2.38 bits per heavy atom. The van der Waals surface area contributed by atoms with Crippen molar-refractivity contribution < 1.29 is 13.9 Å². The number of benzene rings is 2. The highest BCUT2D eigenvalue weighted by atomic mass is 19.1. The maximum Gasteiger partial charge on any atom is 0.321 e. The molecule has 2 aromatic rings. The lowest BCUT2D eigenvalue weighted by Crippen LogP contribution is -2.45. The fraction of sp³-hybridized carbons (Fsp3) is 0.480. The van der Waals surface area contributed by atoms with Gasteiger partial charge in [-0.1, -0.05) is 30.3 Å². The summed E-state index contributed by atoms with van der Waals surface area (Å²) in [5.74, 6) is -0.340. The highest BCUT2D eigenvalue weighted by molar-refractivity contribution is 5.89. The van der Waals surface area contributed by atoms with Crippen LogP contribution < -0.4 is 10.2 Å². The second kappa shape index (κ2) is 11.3. The van der Waals surface area contributed by atoms with E-state index >= 15 is 0 Å². The summed E-state index contributed by atoms with van der Waals surface area (Å²) in [5, 5.41) is 2.88. The van der Waals surface area contributed by atoms with Gasteiger partial charge in [0.05, 0.1) is 17.9 Å². The van der Waals surface area contributed by atoms with Gasteiger partial charge in [0.1, 0.15) is 5.82 Å². The van der Waals surface area contributed by atoms with Crippen LogP contribution in [0.15, 0.2) is 48.5 Å². The van der Waals surface area contributed by atoms with E-state index in [1.807, 2.05) is 55.9 Å². The van der Waals surface area contributed by atoms with E-state index in [-0.39, 0.29) is 24.1 Å². The zero-order valence-corrected chi connectivity index (χ0v) is 19.6. The number of anilines is 2. The average molecular weight is 443 g/mol. The van der Waals surface area contributed by atoms with Crippen LogP contribution in [0, 0.1) is 5.82 Å². The standard InChI is InChI=1S/C25H35FN4O2/c1-19-17-30(18-20(2)32-19)24-11-10-22(16-23(24)26)27-25(31)29(15-14-28(3)4)13-12-21-8-6-5-7-9-21/h5-11,16,19-20H,12-15,17-18H2,1-4H3,(H,27,31). The number of carbonyl (C=O) groups is 1. The van der Waals surface area contributed by atoms with Gasteiger partial charge in [-0.25, -0.2) is 9.18 Å². The fourth-order valence-corrected chi connectivity index (χ4v) is 3.96. The molecule has 2 amide bonds. The number of morpholine rings is 1. The summed E-state index contributed by atoms with van der Waals surface area (Å²) >= 11 is 0. The lowest BCUT2D eigenvalue weighted by Gasteiger charge is -2.37. The van der Waals surface area contributed by atoms with Gasteiger partial charge in [-0.15, -0.1) is 0 Å². The van der Waals surface area contributed by atoms with E-state index in [9.17, 15) is 9.18 Å². The molecule has 0 radical (unpaired) electrons. The van der Waals surface area contributed by atoms with Gasteiger partial charge in [-0.2, -0.15) is 0 Å². The summed E-state index contributed by atoms with van der Waals surface area (Å²) < 4.78 is 20.7. The molecule has 3 rings (SSSR count). The molecule has 7 heteroatoms. The van der Waals surface area contributed by atoms with E-state index in [2.05, 4.69) is 17.4 Å². The molecule has 1 aliphatic rings. The number of halogens is 1. The van der Waals surface area contributed by atoms with Crippen molar-refractivity contribution >= 4 is 17.4 Å². The Morgan fingerprint density at radius 2 is 1.75 bits per heavy atom. The van der Waals surface area contributed by atoms with E-state index < -0.39 is 0 Å². The van der Waals surface area contributed by atoms with Gasteiger partial charge in [0.15, 0.2) is 0 Å². The van der Waals surface area contributed by atoms with Gasteiger partial charge in [0, 0.05) is 38.4 Å². The molecule has 2 atom stereocenters. The first kappa shape index (κ1) is 24.0. The number of nitrogens with one attached hydrogen (secondary N) is 1. The molecule has 0 spiro atoms. The molecule has 2 unspecified atom stereocenters. The molecule has 0 aromatic heterocycles. The molecule has 1 aliphatic heterocycles. The summed E-state index contributed by atoms with van der Waals surface area (Å²) in [6, 6.07) is 14.8. The van der Waals surface area contributed by atoms with Gasteiger partial charge in [0.2, 0.25) is 0 Å². The van der Waals surface area contributed by atoms with Gasteiger partial charge in [-0.05, 0) is 58.1 Å². The quantitative estimate of drug-likeness (QED) is 0.669.